The van der Waals surface area contributed by atoms with Crippen molar-refractivity contribution in [3.05, 3.63) is 23.8 Å². The van der Waals surface area contributed by atoms with Gasteiger partial charge in [-0.25, -0.2) is 0 Å². The Morgan fingerprint density at radius 1 is 1.47 bits per heavy atom. The molecule has 5 heteroatoms. The van der Waals surface area contributed by atoms with E-state index < -0.39 is 12.0 Å². The molecule has 0 aromatic heterocycles. The van der Waals surface area contributed by atoms with Gasteiger partial charge in [0, 0.05) is 0 Å². The predicted molar refractivity (Wildman–Crippen MR) is 51.9 cm³/mol. The van der Waals surface area contributed by atoms with E-state index in [0.717, 1.165) is 5.56 Å². The normalized spacial score (nSPS) is 15.0. The van der Waals surface area contributed by atoms with E-state index in [-0.39, 0.29) is 13.2 Å². The van der Waals surface area contributed by atoms with Crippen molar-refractivity contribution in [1.29, 1.82) is 0 Å². The smallest absolute Gasteiger partial charge is 0.320 e. The minimum absolute atomic E-state index is 0.212. The van der Waals surface area contributed by atoms with Gasteiger partial charge in [-0.3, -0.25) is 4.79 Å². The molecule has 0 saturated carbocycles. The zero-order valence-corrected chi connectivity index (χ0v) is 7.97. The second-order valence-corrected chi connectivity index (χ2v) is 3.34. The quantitative estimate of drug-likeness (QED) is 0.751. The lowest BCUT2D eigenvalue weighted by Crippen LogP contribution is -2.32. The third-order valence-corrected chi connectivity index (χ3v) is 2.21. The fraction of sp³-hybridized carbons (Fsp3) is 0.300. The van der Waals surface area contributed by atoms with Gasteiger partial charge in [0.2, 0.25) is 6.79 Å². The lowest BCUT2D eigenvalue weighted by atomic mass is 10.1. The van der Waals surface area contributed by atoms with Gasteiger partial charge in [0.15, 0.2) is 11.5 Å². The van der Waals surface area contributed by atoms with Gasteiger partial charge in [0.25, 0.3) is 0 Å². The highest BCUT2D eigenvalue weighted by Gasteiger charge is 2.16. The number of hydrogen-bond donors (Lipinski definition) is 2. The molecule has 3 N–H and O–H groups in total. The number of hydrogen-bond acceptors (Lipinski definition) is 4. The minimum atomic E-state index is -1.01. The third kappa shape index (κ3) is 2.02. The van der Waals surface area contributed by atoms with Crippen LogP contribution in [0.4, 0.5) is 0 Å². The van der Waals surface area contributed by atoms with Crippen LogP contribution in [0.2, 0.25) is 0 Å². The van der Waals surface area contributed by atoms with Crippen molar-refractivity contribution in [3.8, 4) is 11.5 Å². The fourth-order valence-electron chi connectivity index (χ4n) is 1.41. The van der Waals surface area contributed by atoms with Gasteiger partial charge in [-0.1, -0.05) is 6.07 Å². The van der Waals surface area contributed by atoms with E-state index in [1.807, 2.05) is 0 Å². The van der Waals surface area contributed by atoms with Gasteiger partial charge in [-0.15, -0.1) is 0 Å². The summed E-state index contributed by atoms with van der Waals surface area (Å²) in [5.41, 5.74) is 6.25. The maximum atomic E-state index is 10.6. The highest BCUT2D eigenvalue weighted by atomic mass is 16.7. The Bertz CT molecular complexity index is 391. The highest BCUT2D eigenvalue weighted by molar-refractivity contribution is 5.73. The molecule has 0 spiro atoms. The van der Waals surface area contributed by atoms with Crippen LogP contribution in [0.15, 0.2) is 18.2 Å². The van der Waals surface area contributed by atoms with Crippen molar-refractivity contribution in [2.24, 2.45) is 5.73 Å². The Hall–Kier alpha value is -1.75. The van der Waals surface area contributed by atoms with Crippen molar-refractivity contribution in [2.45, 2.75) is 12.5 Å². The van der Waals surface area contributed by atoms with Gasteiger partial charge in [0.05, 0.1) is 0 Å². The van der Waals surface area contributed by atoms with Gasteiger partial charge in [0.1, 0.15) is 6.04 Å². The molecule has 0 bridgehead atoms. The molecular formula is C10H11NO4. The van der Waals surface area contributed by atoms with Crippen LogP contribution in [0, 0.1) is 0 Å². The molecule has 0 radical (unpaired) electrons. The fourth-order valence-corrected chi connectivity index (χ4v) is 1.41. The van der Waals surface area contributed by atoms with E-state index in [1.165, 1.54) is 0 Å². The summed E-state index contributed by atoms with van der Waals surface area (Å²) < 4.78 is 10.3. The Labute approximate surface area is 86.4 Å². The summed E-state index contributed by atoms with van der Waals surface area (Å²) >= 11 is 0. The van der Waals surface area contributed by atoms with Crippen LogP contribution in [0.1, 0.15) is 5.56 Å². The average molecular weight is 209 g/mol. The van der Waals surface area contributed by atoms with Gasteiger partial charge in [-0.05, 0) is 24.1 Å². The molecule has 1 aliphatic rings. The summed E-state index contributed by atoms with van der Waals surface area (Å²) in [6.07, 6.45) is 0.284. The molecule has 0 unspecified atom stereocenters. The van der Waals surface area contributed by atoms with Crippen molar-refractivity contribution in [3.63, 3.8) is 0 Å². The first-order chi connectivity index (χ1) is 7.16. The standard InChI is InChI=1S/C10H11NO4/c11-7(10(12)13)3-6-1-2-8-9(4-6)15-5-14-8/h1-2,4,7H,3,5,11H2,(H,12,13)/t7-/m1/s1. The molecule has 15 heavy (non-hydrogen) atoms. The van der Waals surface area contributed by atoms with Gasteiger partial charge >= 0.3 is 5.97 Å². The molecule has 1 atom stereocenters. The van der Waals surface area contributed by atoms with Crippen molar-refractivity contribution < 1.29 is 19.4 Å². The van der Waals surface area contributed by atoms with Crippen LogP contribution >= 0.6 is 0 Å². The Morgan fingerprint density at radius 3 is 2.93 bits per heavy atom. The minimum Gasteiger partial charge on any atom is -0.480 e. The van der Waals surface area contributed by atoms with Crippen LogP contribution < -0.4 is 15.2 Å². The number of nitrogens with two attached hydrogens (primary N) is 1. The summed E-state index contributed by atoms with van der Waals surface area (Å²) in [6.45, 7) is 0.212. The second kappa shape index (κ2) is 3.78. The van der Waals surface area contributed by atoms with Crippen molar-refractivity contribution >= 4 is 5.97 Å². The molecule has 1 aliphatic heterocycles. The monoisotopic (exact) mass is 209 g/mol. The number of fused-ring (bicyclic) bond motifs is 1. The van der Waals surface area contributed by atoms with E-state index >= 15 is 0 Å². The Kier molecular flexibility index (Phi) is 2.47. The number of carboxylic acid groups (broad SMARTS) is 1. The number of ether oxygens (including phenoxy) is 2. The molecule has 80 valence electrons. The third-order valence-electron chi connectivity index (χ3n) is 2.21. The average Bonchev–Trinajstić information content (AvgIpc) is 2.64. The first-order valence-corrected chi connectivity index (χ1v) is 4.54. The number of carboxylic acids is 1. The van der Waals surface area contributed by atoms with Crippen LogP contribution in [-0.2, 0) is 11.2 Å². The number of rotatable bonds is 3. The predicted octanol–water partition coefficient (Wildman–Crippen LogP) is 0.370. The van der Waals surface area contributed by atoms with E-state index in [4.69, 9.17) is 20.3 Å². The molecule has 0 saturated heterocycles. The van der Waals surface area contributed by atoms with Crippen LogP contribution in [-0.4, -0.2) is 23.9 Å². The summed E-state index contributed by atoms with van der Waals surface area (Å²) in [4.78, 5) is 10.6. The summed E-state index contributed by atoms with van der Waals surface area (Å²) in [5, 5.41) is 8.66. The molecule has 1 aromatic rings. The number of carbonyl (C=O) groups is 1. The first-order valence-electron chi connectivity index (χ1n) is 4.54. The topological polar surface area (TPSA) is 81.8 Å². The molecule has 5 nitrogen and oxygen atoms in total. The number of aliphatic carboxylic acids is 1. The molecule has 0 aliphatic carbocycles. The maximum absolute atomic E-state index is 10.6. The van der Waals surface area contributed by atoms with E-state index in [1.54, 1.807) is 18.2 Å². The molecule has 1 aromatic carbocycles. The van der Waals surface area contributed by atoms with E-state index in [9.17, 15) is 4.79 Å². The van der Waals surface area contributed by atoms with Crippen LogP contribution in [0.3, 0.4) is 0 Å². The molecule has 0 amide bonds. The van der Waals surface area contributed by atoms with E-state index in [0.29, 0.717) is 11.5 Å². The molecule has 1 heterocycles. The van der Waals surface area contributed by atoms with Crippen LogP contribution in [0.5, 0.6) is 11.5 Å². The van der Waals surface area contributed by atoms with Crippen LogP contribution in [0.25, 0.3) is 0 Å². The number of benzene rings is 1. The zero-order chi connectivity index (χ0) is 10.8. The Balaban J connectivity index is 2.13. The SMILES string of the molecule is N[C@H](Cc1ccc2c(c1)OCO2)C(=O)O. The van der Waals surface area contributed by atoms with Gasteiger partial charge < -0.3 is 20.3 Å². The lowest BCUT2D eigenvalue weighted by molar-refractivity contribution is -0.138. The molecule has 0 fully saturated rings. The molecule has 2 rings (SSSR count). The highest BCUT2D eigenvalue weighted by Crippen LogP contribution is 2.32. The van der Waals surface area contributed by atoms with E-state index in [2.05, 4.69) is 0 Å². The largest absolute Gasteiger partial charge is 0.480 e. The van der Waals surface area contributed by atoms with Crippen molar-refractivity contribution in [2.75, 3.05) is 6.79 Å². The zero-order valence-electron chi connectivity index (χ0n) is 7.97. The molecular weight excluding hydrogens is 198 g/mol. The maximum Gasteiger partial charge on any atom is 0.320 e. The Morgan fingerprint density at radius 2 is 2.20 bits per heavy atom. The first kappa shape index (κ1) is 9.79. The second-order valence-electron chi connectivity index (χ2n) is 3.34. The summed E-state index contributed by atoms with van der Waals surface area (Å²) in [5.74, 6) is 0.320. The summed E-state index contributed by atoms with van der Waals surface area (Å²) in [6, 6.07) is 4.42. The van der Waals surface area contributed by atoms with Crippen molar-refractivity contribution in [1.82, 2.24) is 0 Å². The lowest BCUT2D eigenvalue weighted by Gasteiger charge is -2.06. The summed E-state index contributed by atoms with van der Waals surface area (Å²) in [7, 11) is 0. The van der Waals surface area contributed by atoms with Gasteiger partial charge in [-0.2, -0.15) is 0 Å².